The van der Waals surface area contributed by atoms with Crippen molar-refractivity contribution >= 4 is 92.8 Å². The van der Waals surface area contributed by atoms with Crippen LogP contribution in [0.25, 0.3) is 0 Å². The Hall–Kier alpha value is -4.56. The van der Waals surface area contributed by atoms with E-state index in [1.165, 1.54) is 44.5 Å². The summed E-state index contributed by atoms with van der Waals surface area (Å²) >= 11 is 68.8. The molecule has 120 heavy (non-hydrogen) atoms. The highest BCUT2D eigenvalue weighted by molar-refractivity contribution is 6.26. The molecule has 24 unspecified atom stereocenters. The number of alkyl halides is 8. The number of hydrogen-bond acceptors (Lipinski definition) is 16. The molecule has 4 aliphatic carbocycles. The van der Waals surface area contributed by atoms with Gasteiger partial charge in [-0.3, -0.25) is 42.5 Å². The SMILES string of the molecule is ClC1C(NCCc2ccccc2)C(NCCc2ccccc2)C(Cl)C2C3NC(NC4NC(NC5NC(NC6NC(N3)C3C(Cl)C(NCCc7ccccc7)C(NCCc7ccccc7)C(Cl)C63)C3C(Cl)C(NCCc6ccccc6)C(NCCc6ccccc6)C(Cl)C53)C3C(Cl)C(NCCc5ccccc5)C(NCCc5ccccc5)C(Cl)C43)C12. The molecule has 4 saturated carbocycles. The van der Waals surface area contributed by atoms with Crippen molar-refractivity contribution in [3.8, 4) is 0 Å². The molecular weight excluding hydrogens is 1660 g/mol. The quantitative estimate of drug-likeness (QED) is 0.0178. The molecule has 9 fully saturated rings. The Balaban J connectivity index is 0.778. The van der Waals surface area contributed by atoms with E-state index in [0.717, 1.165) is 51.4 Å². The van der Waals surface area contributed by atoms with Gasteiger partial charge in [0.25, 0.3) is 0 Å². The number of fused-ring (bicyclic) bond motifs is 20. The lowest BCUT2D eigenvalue weighted by Gasteiger charge is -2.50. The van der Waals surface area contributed by atoms with Gasteiger partial charge in [0.15, 0.2) is 0 Å². The van der Waals surface area contributed by atoms with Gasteiger partial charge in [0, 0.05) is 95.7 Å². The van der Waals surface area contributed by atoms with Gasteiger partial charge in [-0.05, 0) is 148 Å². The molecule has 5 saturated heterocycles. The summed E-state index contributed by atoms with van der Waals surface area (Å²) in [4.78, 5) is 0. The third-order valence-electron chi connectivity index (χ3n) is 28.1. The second kappa shape index (κ2) is 41.9. The molecule has 8 aromatic rings. The summed E-state index contributed by atoms with van der Waals surface area (Å²) in [6.45, 7) is 5.55. The summed E-state index contributed by atoms with van der Waals surface area (Å²) in [5.74, 6) is -2.10. The highest BCUT2D eigenvalue weighted by Crippen LogP contribution is 2.52. The van der Waals surface area contributed by atoms with Crippen molar-refractivity contribution in [3.63, 3.8) is 0 Å². The van der Waals surface area contributed by atoms with Crippen molar-refractivity contribution in [2.24, 2.45) is 47.3 Å². The third kappa shape index (κ3) is 20.1. The van der Waals surface area contributed by atoms with Gasteiger partial charge >= 0.3 is 0 Å². The summed E-state index contributed by atoms with van der Waals surface area (Å²) in [7, 11) is 0. The number of rotatable bonds is 32. The first kappa shape index (κ1) is 87.5. The maximum absolute atomic E-state index is 8.60. The lowest BCUT2D eigenvalue weighted by molar-refractivity contribution is 0.120. The highest BCUT2D eigenvalue weighted by atomic mass is 35.5. The van der Waals surface area contributed by atoms with Crippen molar-refractivity contribution in [3.05, 3.63) is 287 Å². The Morgan fingerprint density at radius 2 is 0.258 bits per heavy atom. The van der Waals surface area contributed by atoms with Crippen molar-refractivity contribution in [1.82, 2.24) is 85.1 Å². The van der Waals surface area contributed by atoms with E-state index in [1.54, 1.807) is 0 Å². The molecule has 17 rings (SSSR count). The second-order valence-corrected chi connectivity index (χ2v) is 39.1. The molecule has 5 aliphatic heterocycles. The minimum Gasteiger partial charge on any atom is -0.311 e. The van der Waals surface area contributed by atoms with Crippen LogP contribution < -0.4 is 85.1 Å². The van der Waals surface area contributed by atoms with E-state index < -0.39 is 92.3 Å². The largest absolute Gasteiger partial charge is 0.311 e. The van der Waals surface area contributed by atoms with Crippen LogP contribution in [0.15, 0.2) is 243 Å². The summed E-state index contributed by atoms with van der Waals surface area (Å²) in [6.07, 6.45) is 3.07. The van der Waals surface area contributed by atoms with Crippen molar-refractivity contribution in [2.75, 3.05) is 52.4 Å². The molecule has 0 aromatic heterocycles. The molecule has 9 aliphatic rings. The minimum absolute atomic E-state index is 0.259. The molecular formula is C96H120Cl8N16. The van der Waals surface area contributed by atoms with Gasteiger partial charge in [-0.25, -0.2) is 0 Å². The van der Waals surface area contributed by atoms with Crippen LogP contribution in [0.2, 0.25) is 0 Å². The highest BCUT2D eigenvalue weighted by Gasteiger charge is 2.67. The van der Waals surface area contributed by atoms with Gasteiger partial charge in [0.05, 0.1) is 92.3 Å². The van der Waals surface area contributed by atoms with Crippen LogP contribution >= 0.6 is 92.8 Å². The predicted molar refractivity (Wildman–Crippen MR) is 496 cm³/mol. The van der Waals surface area contributed by atoms with E-state index in [1.807, 2.05) is 0 Å². The zero-order valence-electron chi connectivity index (χ0n) is 67.9. The standard InChI is InChI=1S/C96H120Cl8N16/c97-73-65-66(74(98)82(106-50-42-58-27-11-2-12-28-58)81(73)105-49-41-57-25-9-1-10-26-57)90-113-89(65)117-91-67-68(76(100)84(108-52-44-60-31-15-4-16-32-60)83(75(67)99)107-51-43-59-29-13-3-14-30-59)93(114-91)119-95-71-72(80(104)88(112-56-48-64-39-23-8-24-40-64)87(79(71)103)111-55-47-63-37-21-7-22-38-63)96(116-95)120-94-70-69(92(115-94)118-90)77(101)85(109-53-45-61-33-17-5-18-34-61)86(78(70)102)110-54-46-62-35-19-6-20-36-62/h1-40,65-96,105-120H,41-56H2. The maximum atomic E-state index is 8.60. The predicted octanol–water partition coefficient (Wildman–Crippen LogP) is 10.8. The molecule has 0 spiro atoms. The van der Waals surface area contributed by atoms with Crippen molar-refractivity contribution in [2.45, 2.75) is 192 Å². The van der Waals surface area contributed by atoms with Crippen LogP contribution in [-0.4, -0.2) is 193 Å². The van der Waals surface area contributed by atoms with Gasteiger partial charge in [0.1, 0.15) is 0 Å². The van der Waals surface area contributed by atoms with Gasteiger partial charge in [-0.15, -0.1) is 92.8 Å². The van der Waals surface area contributed by atoms with Crippen molar-refractivity contribution in [1.29, 1.82) is 0 Å². The Morgan fingerprint density at radius 3 is 0.358 bits per heavy atom. The van der Waals surface area contributed by atoms with Crippen LogP contribution in [-0.2, 0) is 51.4 Å². The zero-order valence-corrected chi connectivity index (χ0v) is 74.0. The van der Waals surface area contributed by atoms with Crippen LogP contribution in [0, 0.1) is 47.3 Å². The van der Waals surface area contributed by atoms with Gasteiger partial charge < -0.3 is 42.5 Å². The lowest BCUT2D eigenvalue weighted by Crippen LogP contribution is -2.69. The van der Waals surface area contributed by atoms with Gasteiger partial charge in [0.2, 0.25) is 0 Å². The first-order chi connectivity index (χ1) is 58.9. The molecule has 8 aromatic carbocycles. The summed E-state index contributed by atoms with van der Waals surface area (Å²) in [6, 6.07) is 83.6. The first-order valence-electron chi connectivity index (χ1n) is 44.3. The van der Waals surface area contributed by atoms with Crippen LogP contribution in [0.5, 0.6) is 0 Å². The van der Waals surface area contributed by atoms with Crippen LogP contribution in [0.1, 0.15) is 44.5 Å². The normalized spacial score (nSPS) is 36.9. The first-order valence-corrected chi connectivity index (χ1v) is 47.8. The van der Waals surface area contributed by atoms with E-state index in [2.05, 4.69) is 328 Å². The maximum Gasteiger partial charge on any atom is 0.0644 e. The van der Waals surface area contributed by atoms with Crippen molar-refractivity contribution < 1.29 is 0 Å². The zero-order chi connectivity index (χ0) is 82.0. The average molecular weight is 1780 g/mol. The minimum atomic E-state index is -0.454. The fourth-order valence-corrected chi connectivity index (χ4v) is 26.8. The molecule has 0 amide bonds. The average Bonchev–Trinajstić information content (AvgIpc) is 1.56. The molecule has 16 N–H and O–H groups in total. The van der Waals surface area contributed by atoms with E-state index in [0.29, 0.717) is 52.4 Å². The molecule has 16 nitrogen and oxygen atoms in total. The van der Waals surface area contributed by atoms with Crippen LogP contribution in [0.4, 0.5) is 0 Å². The summed E-state index contributed by atoms with van der Waals surface area (Å²) in [5.41, 5.74) is 9.99. The van der Waals surface area contributed by atoms with Gasteiger partial charge in [-0.2, -0.15) is 0 Å². The Kier molecular flexibility index (Phi) is 30.6. The molecule has 24 heteroatoms. The van der Waals surface area contributed by atoms with Crippen LogP contribution in [0.3, 0.4) is 0 Å². The number of nitrogens with one attached hydrogen (secondary N) is 16. The molecule has 0 radical (unpaired) electrons. The lowest BCUT2D eigenvalue weighted by atomic mass is 9.70. The number of hydrogen-bond donors (Lipinski definition) is 16. The smallest absolute Gasteiger partial charge is 0.0644 e. The Bertz CT molecular complexity index is 3570. The Morgan fingerprint density at radius 1 is 0.158 bits per heavy atom. The molecule has 5 heterocycles. The van der Waals surface area contributed by atoms with Gasteiger partial charge in [-0.1, -0.05) is 243 Å². The van der Waals surface area contributed by atoms with E-state index in [-0.39, 0.29) is 95.7 Å². The number of benzene rings is 8. The van der Waals surface area contributed by atoms with E-state index in [4.69, 9.17) is 92.8 Å². The number of halogens is 8. The fraction of sp³-hybridized carbons (Fsp3) is 0.500. The third-order valence-corrected chi connectivity index (χ3v) is 32.6. The fourth-order valence-electron chi connectivity index (χ4n) is 22.3. The monoisotopic (exact) mass is 1780 g/mol. The molecule has 8 bridgehead atoms. The second-order valence-electron chi connectivity index (χ2n) is 35.1. The molecule has 24 atom stereocenters. The summed E-state index contributed by atoms with van der Waals surface area (Å²) in [5, 5.41) is 64.1. The molecule has 640 valence electrons. The van der Waals surface area contributed by atoms with E-state index >= 15 is 0 Å². The summed E-state index contributed by atoms with van der Waals surface area (Å²) < 4.78 is 0. The topological polar surface area (TPSA) is 192 Å². The van der Waals surface area contributed by atoms with E-state index in [9.17, 15) is 0 Å². The Labute approximate surface area is 751 Å².